The van der Waals surface area contributed by atoms with Crippen molar-refractivity contribution in [3.63, 3.8) is 0 Å². The maximum atomic E-state index is 11.4. The zero-order valence-electron chi connectivity index (χ0n) is 12.9. The van der Waals surface area contributed by atoms with Gasteiger partial charge in [0.05, 0.1) is 19.1 Å². The van der Waals surface area contributed by atoms with E-state index in [1.165, 1.54) is 19.1 Å². The number of unbranched alkanes of at least 4 members (excludes halogenated alkanes) is 1. The highest BCUT2D eigenvalue weighted by Gasteiger charge is 2.26. The first kappa shape index (κ1) is 16.0. The van der Waals surface area contributed by atoms with Gasteiger partial charge in [0.2, 0.25) is 0 Å². The summed E-state index contributed by atoms with van der Waals surface area (Å²) >= 11 is 0. The Balaban J connectivity index is 1.53. The normalized spacial score (nSPS) is 22.0. The largest absolute Gasteiger partial charge is 0.469 e. The van der Waals surface area contributed by atoms with Crippen molar-refractivity contribution >= 4 is 5.97 Å². The van der Waals surface area contributed by atoms with Gasteiger partial charge in [-0.3, -0.25) is 4.79 Å². The van der Waals surface area contributed by atoms with E-state index in [1.54, 1.807) is 0 Å². The number of aryl methyl sites for hydroxylation is 1. The molecule has 0 aliphatic heterocycles. The molecule has 1 saturated carbocycles. The van der Waals surface area contributed by atoms with Crippen LogP contribution in [0, 0.1) is 5.92 Å². The maximum Gasteiger partial charge on any atom is 0.308 e. The predicted octanol–water partition coefficient (Wildman–Crippen LogP) is 3.76. The standard InChI is InChI=1S/C18H26O3/c1-20-18(19)16-10-12-17(13-11-16)21-14-6-5-9-15-7-3-2-4-8-15/h2-4,7-8,16-17H,5-6,9-14H2,1H3. The van der Waals surface area contributed by atoms with Crippen LogP contribution in [0.5, 0.6) is 0 Å². The van der Waals surface area contributed by atoms with Crippen LogP contribution < -0.4 is 0 Å². The van der Waals surface area contributed by atoms with Crippen molar-refractivity contribution in [3.05, 3.63) is 35.9 Å². The monoisotopic (exact) mass is 290 g/mol. The van der Waals surface area contributed by atoms with E-state index in [0.29, 0.717) is 6.10 Å². The summed E-state index contributed by atoms with van der Waals surface area (Å²) in [5.74, 6) is 0.0317. The van der Waals surface area contributed by atoms with E-state index in [-0.39, 0.29) is 11.9 Å². The number of carbonyl (C=O) groups is 1. The topological polar surface area (TPSA) is 35.5 Å². The van der Waals surface area contributed by atoms with E-state index in [0.717, 1.165) is 45.1 Å². The summed E-state index contributed by atoms with van der Waals surface area (Å²) in [6, 6.07) is 10.6. The van der Waals surface area contributed by atoms with Gasteiger partial charge in [0, 0.05) is 6.61 Å². The van der Waals surface area contributed by atoms with E-state index in [1.807, 2.05) is 0 Å². The molecule has 116 valence electrons. The molecule has 0 bridgehead atoms. The van der Waals surface area contributed by atoms with Crippen molar-refractivity contribution in [1.29, 1.82) is 0 Å². The van der Waals surface area contributed by atoms with Gasteiger partial charge in [0.25, 0.3) is 0 Å². The molecule has 2 rings (SSSR count). The minimum absolute atomic E-state index is 0.0590. The summed E-state index contributed by atoms with van der Waals surface area (Å²) in [5, 5.41) is 0. The number of methoxy groups -OCH3 is 1. The first-order valence-electron chi connectivity index (χ1n) is 8.03. The summed E-state index contributed by atoms with van der Waals surface area (Å²) in [6.07, 6.45) is 7.51. The number of carbonyl (C=O) groups excluding carboxylic acids is 1. The number of rotatable bonds is 7. The third-order valence-electron chi connectivity index (χ3n) is 4.26. The Kier molecular flexibility index (Phi) is 6.74. The van der Waals surface area contributed by atoms with Gasteiger partial charge in [-0.15, -0.1) is 0 Å². The molecular formula is C18H26O3. The first-order valence-corrected chi connectivity index (χ1v) is 8.03. The molecule has 0 unspecified atom stereocenters. The summed E-state index contributed by atoms with van der Waals surface area (Å²) in [5.41, 5.74) is 1.40. The number of esters is 1. The highest BCUT2D eigenvalue weighted by atomic mass is 16.5. The van der Waals surface area contributed by atoms with Crippen LogP contribution in [0.3, 0.4) is 0 Å². The molecule has 0 saturated heterocycles. The highest BCUT2D eigenvalue weighted by Crippen LogP contribution is 2.27. The molecule has 0 N–H and O–H groups in total. The predicted molar refractivity (Wildman–Crippen MR) is 83.1 cm³/mol. The van der Waals surface area contributed by atoms with Crippen molar-refractivity contribution in [2.75, 3.05) is 13.7 Å². The molecule has 21 heavy (non-hydrogen) atoms. The van der Waals surface area contributed by atoms with Crippen molar-refractivity contribution < 1.29 is 14.3 Å². The molecule has 3 heteroatoms. The maximum absolute atomic E-state index is 11.4. The molecule has 0 spiro atoms. The van der Waals surface area contributed by atoms with Gasteiger partial charge in [-0.1, -0.05) is 30.3 Å². The van der Waals surface area contributed by atoms with Crippen LogP contribution in [-0.4, -0.2) is 25.8 Å². The Morgan fingerprint density at radius 2 is 1.81 bits per heavy atom. The fraction of sp³-hybridized carbons (Fsp3) is 0.611. The van der Waals surface area contributed by atoms with Gasteiger partial charge < -0.3 is 9.47 Å². The summed E-state index contributed by atoms with van der Waals surface area (Å²) in [4.78, 5) is 11.4. The van der Waals surface area contributed by atoms with E-state index < -0.39 is 0 Å². The van der Waals surface area contributed by atoms with Crippen LogP contribution in [0.4, 0.5) is 0 Å². The van der Waals surface area contributed by atoms with Crippen LogP contribution in [0.1, 0.15) is 44.1 Å². The fourth-order valence-corrected chi connectivity index (χ4v) is 2.96. The number of ether oxygens (including phenoxy) is 2. The Labute approximate surface area is 127 Å². The van der Waals surface area contributed by atoms with Gasteiger partial charge in [-0.25, -0.2) is 0 Å². The molecule has 0 radical (unpaired) electrons. The van der Waals surface area contributed by atoms with Crippen LogP contribution in [0.2, 0.25) is 0 Å². The molecule has 0 aromatic heterocycles. The van der Waals surface area contributed by atoms with E-state index in [2.05, 4.69) is 30.3 Å². The second-order valence-electron chi connectivity index (χ2n) is 5.81. The van der Waals surface area contributed by atoms with Gasteiger partial charge in [-0.2, -0.15) is 0 Å². The smallest absolute Gasteiger partial charge is 0.308 e. The second-order valence-corrected chi connectivity index (χ2v) is 5.81. The Bertz CT molecular complexity index is 408. The van der Waals surface area contributed by atoms with Gasteiger partial charge in [-0.05, 0) is 50.5 Å². The first-order chi connectivity index (χ1) is 10.3. The zero-order valence-corrected chi connectivity index (χ0v) is 12.9. The van der Waals surface area contributed by atoms with Gasteiger partial charge >= 0.3 is 5.97 Å². The minimum atomic E-state index is -0.0590. The lowest BCUT2D eigenvalue weighted by Crippen LogP contribution is -2.27. The Morgan fingerprint density at radius 3 is 2.48 bits per heavy atom. The number of hydrogen-bond acceptors (Lipinski definition) is 3. The minimum Gasteiger partial charge on any atom is -0.469 e. The van der Waals surface area contributed by atoms with Crippen LogP contribution >= 0.6 is 0 Å². The zero-order chi connectivity index (χ0) is 14.9. The summed E-state index contributed by atoms with van der Waals surface area (Å²) < 4.78 is 10.7. The summed E-state index contributed by atoms with van der Waals surface area (Å²) in [6.45, 7) is 0.834. The lowest BCUT2D eigenvalue weighted by Gasteiger charge is -2.27. The summed E-state index contributed by atoms with van der Waals surface area (Å²) in [7, 11) is 1.47. The third-order valence-corrected chi connectivity index (χ3v) is 4.26. The second kappa shape index (κ2) is 8.83. The quantitative estimate of drug-likeness (QED) is 0.566. The van der Waals surface area contributed by atoms with Crippen molar-refractivity contribution in [2.24, 2.45) is 5.92 Å². The molecule has 1 aromatic rings. The molecule has 3 nitrogen and oxygen atoms in total. The average molecular weight is 290 g/mol. The fourth-order valence-electron chi connectivity index (χ4n) is 2.96. The Morgan fingerprint density at radius 1 is 1.10 bits per heavy atom. The van der Waals surface area contributed by atoms with E-state index >= 15 is 0 Å². The van der Waals surface area contributed by atoms with Crippen LogP contribution in [0.15, 0.2) is 30.3 Å². The molecule has 0 amide bonds. The molecule has 1 aliphatic carbocycles. The van der Waals surface area contributed by atoms with Gasteiger partial charge in [0.15, 0.2) is 0 Å². The highest BCUT2D eigenvalue weighted by molar-refractivity contribution is 5.72. The van der Waals surface area contributed by atoms with Gasteiger partial charge in [0.1, 0.15) is 0 Å². The molecular weight excluding hydrogens is 264 g/mol. The van der Waals surface area contributed by atoms with E-state index in [4.69, 9.17) is 9.47 Å². The van der Waals surface area contributed by atoms with Crippen LogP contribution in [0.25, 0.3) is 0 Å². The molecule has 1 aliphatic rings. The van der Waals surface area contributed by atoms with Crippen LogP contribution in [-0.2, 0) is 20.7 Å². The lowest BCUT2D eigenvalue weighted by molar-refractivity contribution is -0.147. The number of benzene rings is 1. The third kappa shape index (κ3) is 5.50. The van der Waals surface area contributed by atoms with Crippen molar-refractivity contribution in [3.8, 4) is 0 Å². The SMILES string of the molecule is COC(=O)C1CCC(OCCCCc2ccccc2)CC1. The molecule has 0 heterocycles. The molecule has 1 aromatic carbocycles. The number of hydrogen-bond donors (Lipinski definition) is 0. The molecule has 1 fully saturated rings. The molecule has 0 atom stereocenters. The van der Waals surface area contributed by atoms with Crippen molar-refractivity contribution in [1.82, 2.24) is 0 Å². The lowest BCUT2D eigenvalue weighted by atomic mass is 9.87. The Hall–Kier alpha value is -1.35. The average Bonchev–Trinajstić information content (AvgIpc) is 2.55. The van der Waals surface area contributed by atoms with E-state index in [9.17, 15) is 4.79 Å². The van der Waals surface area contributed by atoms with Crippen molar-refractivity contribution in [2.45, 2.75) is 51.0 Å².